The zero-order valence-electron chi connectivity index (χ0n) is 13.1. The molecular formula is C18H27FN2. The van der Waals surface area contributed by atoms with Crippen LogP contribution in [0.15, 0.2) is 24.3 Å². The molecule has 1 aliphatic carbocycles. The number of hydrogen-bond acceptors (Lipinski definition) is 2. The molecule has 2 fully saturated rings. The molecule has 3 heteroatoms. The molecule has 1 heterocycles. The standard InChI is InChI=1S/C18H27FN2/c1-15-5-4-7-17(13-15)21-11-9-20(10-12-21)14-16-6-2-3-8-18(16)19/h2-3,6,8,15,17H,4-5,7,9-14H2,1H3/t15-,17-/m0/s1. The van der Waals surface area contributed by atoms with Gasteiger partial charge in [-0.3, -0.25) is 9.80 Å². The minimum Gasteiger partial charge on any atom is -0.298 e. The molecule has 2 aliphatic rings. The molecule has 0 unspecified atom stereocenters. The van der Waals surface area contributed by atoms with Gasteiger partial charge in [0.2, 0.25) is 0 Å². The summed E-state index contributed by atoms with van der Waals surface area (Å²) in [5.74, 6) is 0.821. The summed E-state index contributed by atoms with van der Waals surface area (Å²) in [4.78, 5) is 5.06. The van der Waals surface area contributed by atoms with Crippen LogP contribution in [0.1, 0.15) is 38.2 Å². The van der Waals surface area contributed by atoms with Gasteiger partial charge in [0, 0.05) is 44.3 Å². The molecule has 0 aromatic heterocycles. The molecule has 1 saturated heterocycles. The summed E-state index contributed by atoms with van der Waals surface area (Å²) in [5, 5.41) is 0. The number of benzene rings is 1. The lowest BCUT2D eigenvalue weighted by Crippen LogP contribution is -2.51. The van der Waals surface area contributed by atoms with E-state index < -0.39 is 0 Å². The second-order valence-corrected chi connectivity index (χ2v) is 6.83. The molecule has 3 rings (SSSR count). The van der Waals surface area contributed by atoms with Gasteiger partial charge in [0.1, 0.15) is 5.82 Å². The van der Waals surface area contributed by atoms with E-state index in [0.717, 1.165) is 50.2 Å². The van der Waals surface area contributed by atoms with Crippen LogP contribution in [0.4, 0.5) is 4.39 Å². The summed E-state index contributed by atoms with van der Waals surface area (Å²) in [6.07, 6.45) is 5.54. The molecule has 0 spiro atoms. The van der Waals surface area contributed by atoms with Crippen LogP contribution in [0.2, 0.25) is 0 Å². The van der Waals surface area contributed by atoms with E-state index in [1.807, 2.05) is 12.1 Å². The molecule has 1 aliphatic heterocycles. The van der Waals surface area contributed by atoms with Crippen molar-refractivity contribution in [2.24, 2.45) is 5.92 Å². The van der Waals surface area contributed by atoms with Crippen molar-refractivity contribution in [3.63, 3.8) is 0 Å². The van der Waals surface area contributed by atoms with Crippen molar-refractivity contribution in [1.82, 2.24) is 9.80 Å². The molecule has 2 nitrogen and oxygen atoms in total. The van der Waals surface area contributed by atoms with E-state index >= 15 is 0 Å². The number of nitrogens with zero attached hydrogens (tertiary/aromatic N) is 2. The topological polar surface area (TPSA) is 6.48 Å². The molecular weight excluding hydrogens is 263 g/mol. The summed E-state index contributed by atoms with van der Waals surface area (Å²) in [5.41, 5.74) is 0.831. The Bertz CT molecular complexity index is 454. The molecule has 1 aromatic carbocycles. The van der Waals surface area contributed by atoms with Crippen molar-refractivity contribution in [2.45, 2.75) is 45.2 Å². The van der Waals surface area contributed by atoms with Crippen LogP contribution in [0, 0.1) is 11.7 Å². The Hall–Kier alpha value is -0.930. The fraction of sp³-hybridized carbons (Fsp3) is 0.667. The van der Waals surface area contributed by atoms with E-state index in [0.29, 0.717) is 0 Å². The maximum atomic E-state index is 13.7. The van der Waals surface area contributed by atoms with Crippen LogP contribution >= 0.6 is 0 Å². The third-order valence-corrected chi connectivity index (χ3v) is 5.18. The Morgan fingerprint density at radius 2 is 1.86 bits per heavy atom. The highest BCUT2D eigenvalue weighted by atomic mass is 19.1. The van der Waals surface area contributed by atoms with Crippen molar-refractivity contribution in [3.05, 3.63) is 35.6 Å². The highest BCUT2D eigenvalue weighted by molar-refractivity contribution is 5.17. The molecule has 21 heavy (non-hydrogen) atoms. The highest BCUT2D eigenvalue weighted by Crippen LogP contribution is 2.28. The SMILES string of the molecule is C[C@H]1CCC[C@H](N2CCN(Cc3ccccc3F)CC2)C1. The first-order valence-corrected chi connectivity index (χ1v) is 8.42. The third kappa shape index (κ3) is 3.83. The van der Waals surface area contributed by atoms with Gasteiger partial charge in [0.15, 0.2) is 0 Å². The normalized spacial score (nSPS) is 28.7. The van der Waals surface area contributed by atoms with Gasteiger partial charge < -0.3 is 0 Å². The van der Waals surface area contributed by atoms with Gasteiger partial charge in [-0.2, -0.15) is 0 Å². The minimum absolute atomic E-state index is 0.0685. The fourth-order valence-corrected chi connectivity index (χ4v) is 3.89. The lowest BCUT2D eigenvalue weighted by atomic mass is 9.86. The van der Waals surface area contributed by atoms with Crippen molar-refractivity contribution in [1.29, 1.82) is 0 Å². The van der Waals surface area contributed by atoms with E-state index in [4.69, 9.17) is 0 Å². The Kier molecular flexibility index (Phi) is 4.91. The van der Waals surface area contributed by atoms with Gasteiger partial charge in [-0.25, -0.2) is 4.39 Å². The van der Waals surface area contributed by atoms with E-state index in [2.05, 4.69) is 16.7 Å². The molecule has 0 radical (unpaired) electrons. The quantitative estimate of drug-likeness (QED) is 0.840. The second-order valence-electron chi connectivity index (χ2n) is 6.83. The summed E-state index contributed by atoms with van der Waals surface area (Å²) in [6.45, 7) is 7.57. The molecule has 2 atom stereocenters. The predicted molar refractivity (Wildman–Crippen MR) is 84.7 cm³/mol. The zero-order valence-corrected chi connectivity index (χ0v) is 13.1. The first-order valence-electron chi connectivity index (χ1n) is 8.42. The summed E-state index contributed by atoms with van der Waals surface area (Å²) in [6, 6.07) is 7.96. The summed E-state index contributed by atoms with van der Waals surface area (Å²) in [7, 11) is 0. The fourth-order valence-electron chi connectivity index (χ4n) is 3.89. The lowest BCUT2D eigenvalue weighted by molar-refractivity contribution is 0.0655. The molecule has 116 valence electrons. The van der Waals surface area contributed by atoms with Gasteiger partial charge in [0.25, 0.3) is 0 Å². The molecule has 1 aromatic rings. The van der Waals surface area contributed by atoms with Gasteiger partial charge in [-0.15, -0.1) is 0 Å². The predicted octanol–water partition coefficient (Wildman–Crippen LogP) is 3.52. The lowest BCUT2D eigenvalue weighted by Gasteiger charge is -2.42. The smallest absolute Gasteiger partial charge is 0.127 e. The minimum atomic E-state index is -0.0685. The average molecular weight is 290 g/mol. The average Bonchev–Trinajstić information content (AvgIpc) is 2.50. The number of piperazine rings is 1. The largest absolute Gasteiger partial charge is 0.298 e. The van der Waals surface area contributed by atoms with Crippen molar-refractivity contribution in [2.75, 3.05) is 26.2 Å². The Labute approximate surface area is 127 Å². The monoisotopic (exact) mass is 290 g/mol. The molecule has 0 N–H and O–H groups in total. The van der Waals surface area contributed by atoms with Crippen molar-refractivity contribution < 1.29 is 4.39 Å². The number of rotatable bonds is 3. The Balaban J connectivity index is 1.50. The number of halogens is 1. The zero-order chi connectivity index (χ0) is 14.7. The Morgan fingerprint density at radius 1 is 1.10 bits per heavy atom. The molecule has 0 bridgehead atoms. The van der Waals surface area contributed by atoms with E-state index in [1.54, 1.807) is 12.1 Å². The third-order valence-electron chi connectivity index (χ3n) is 5.18. The highest BCUT2D eigenvalue weighted by Gasteiger charge is 2.27. The first-order chi connectivity index (χ1) is 10.2. The van der Waals surface area contributed by atoms with Crippen LogP contribution < -0.4 is 0 Å². The maximum Gasteiger partial charge on any atom is 0.127 e. The van der Waals surface area contributed by atoms with E-state index in [9.17, 15) is 4.39 Å². The maximum absolute atomic E-state index is 13.7. The molecule has 1 saturated carbocycles. The van der Waals surface area contributed by atoms with Gasteiger partial charge in [0.05, 0.1) is 0 Å². The summed E-state index contributed by atoms with van der Waals surface area (Å²) >= 11 is 0. The Morgan fingerprint density at radius 3 is 2.57 bits per heavy atom. The number of hydrogen-bond donors (Lipinski definition) is 0. The summed E-state index contributed by atoms with van der Waals surface area (Å²) < 4.78 is 13.7. The second kappa shape index (κ2) is 6.89. The van der Waals surface area contributed by atoms with Gasteiger partial charge in [-0.05, 0) is 24.8 Å². The molecule has 0 amide bonds. The van der Waals surface area contributed by atoms with Crippen molar-refractivity contribution >= 4 is 0 Å². The van der Waals surface area contributed by atoms with Gasteiger partial charge >= 0.3 is 0 Å². The van der Waals surface area contributed by atoms with Crippen LogP contribution in [0.5, 0.6) is 0 Å². The van der Waals surface area contributed by atoms with Crippen LogP contribution in [-0.2, 0) is 6.54 Å². The first kappa shape index (κ1) is 15.0. The van der Waals surface area contributed by atoms with Crippen LogP contribution in [-0.4, -0.2) is 42.0 Å². The van der Waals surface area contributed by atoms with Crippen LogP contribution in [0.3, 0.4) is 0 Å². The van der Waals surface area contributed by atoms with E-state index in [-0.39, 0.29) is 5.82 Å². The van der Waals surface area contributed by atoms with Crippen LogP contribution in [0.25, 0.3) is 0 Å². The van der Waals surface area contributed by atoms with E-state index in [1.165, 1.54) is 25.7 Å². The van der Waals surface area contributed by atoms with Gasteiger partial charge in [-0.1, -0.05) is 38.0 Å². The van der Waals surface area contributed by atoms with Crippen molar-refractivity contribution in [3.8, 4) is 0 Å².